The summed E-state index contributed by atoms with van der Waals surface area (Å²) in [5.41, 5.74) is 6.14. The molecule has 19 heavy (non-hydrogen) atoms. The van der Waals surface area contributed by atoms with E-state index in [1.54, 1.807) is 12.3 Å². The first-order chi connectivity index (χ1) is 9.24. The first-order valence-corrected chi connectivity index (χ1v) is 6.59. The van der Waals surface area contributed by atoms with Gasteiger partial charge in [-0.15, -0.1) is 0 Å². The van der Waals surface area contributed by atoms with Gasteiger partial charge in [0.05, 0.1) is 5.39 Å². The van der Waals surface area contributed by atoms with Crippen molar-refractivity contribution >= 4 is 16.7 Å². The van der Waals surface area contributed by atoms with Crippen LogP contribution in [0.4, 0.5) is 5.82 Å². The minimum Gasteiger partial charge on any atom is -0.365 e. The Bertz CT molecular complexity index is 638. The first kappa shape index (κ1) is 12.1. The highest BCUT2D eigenvalue weighted by molar-refractivity contribution is 5.87. The fraction of sp³-hybridized carbons (Fsp3) is 0.462. The number of hydrogen-bond donors (Lipinski definition) is 3. The van der Waals surface area contributed by atoms with E-state index < -0.39 is 0 Å². The van der Waals surface area contributed by atoms with Crippen LogP contribution in [-0.4, -0.2) is 27.3 Å². The highest BCUT2D eigenvalue weighted by atomic mass is 16.1. The van der Waals surface area contributed by atoms with Crippen LogP contribution in [0.2, 0.25) is 0 Å². The van der Waals surface area contributed by atoms with E-state index >= 15 is 0 Å². The SMILES string of the molecule is N[C@H]1CCC[C@@H](Nc2n[nH]c(=O)c3ncccc23)C1. The summed E-state index contributed by atoms with van der Waals surface area (Å²) in [4.78, 5) is 15.7. The van der Waals surface area contributed by atoms with Gasteiger partial charge in [0.2, 0.25) is 0 Å². The topological polar surface area (TPSA) is 96.7 Å². The molecule has 2 aromatic rings. The molecule has 6 nitrogen and oxygen atoms in total. The van der Waals surface area contributed by atoms with E-state index in [2.05, 4.69) is 20.5 Å². The maximum absolute atomic E-state index is 11.6. The van der Waals surface area contributed by atoms with Gasteiger partial charge in [-0.2, -0.15) is 5.10 Å². The van der Waals surface area contributed by atoms with Crippen molar-refractivity contribution in [2.75, 3.05) is 5.32 Å². The molecule has 1 saturated carbocycles. The molecular formula is C13H17N5O. The summed E-state index contributed by atoms with van der Waals surface area (Å²) in [6.45, 7) is 0. The molecule has 0 unspecified atom stereocenters. The molecule has 1 fully saturated rings. The van der Waals surface area contributed by atoms with Gasteiger partial charge in [-0.1, -0.05) is 0 Å². The van der Waals surface area contributed by atoms with E-state index in [0.29, 0.717) is 17.4 Å². The Labute approximate surface area is 110 Å². The second-order valence-electron chi connectivity index (χ2n) is 5.07. The van der Waals surface area contributed by atoms with Gasteiger partial charge in [-0.3, -0.25) is 9.78 Å². The molecule has 0 saturated heterocycles. The van der Waals surface area contributed by atoms with Crippen LogP contribution in [0.3, 0.4) is 0 Å². The molecule has 2 atom stereocenters. The lowest BCUT2D eigenvalue weighted by Crippen LogP contribution is -2.35. The molecular weight excluding hydrogens is 242 g/mol. The highest BCUT2D eigenvalue weighted by Gasteiger charge is 2.20. The lowest BCUT2D eigenvalue weighted by atomic mass is 9.91. The summed E-state index contributed by atoms with van der Waals surface area (Å²) in [6.07, 6.45) is 5.83. The number of fused-ring (bicyclic) bond motifs is 1. The highest BCUT2D eigenvalue weighted by Crippen LogP contribution is 2.22. The second-order valence-corrected chi connectivity index (χ2v) is 5.07. The molecule has 0 bridgehead atoms. The molecule has 0 amide bonds. The summed E-state index contributed by atoms with van der Waals surface area (Å²) in [7, 11) is 0. The first-order valence-electron chi connectivity index (χ1n) is 6.59. The number of H-pyrrole nitrogens is 1. The summed E-state index contributed by atoms with van der Waals surface area (Å²) in [5, 5.41) is 10.7. The van der Waals surface area contributed by atoms with Crippen LogP contribution >= 0.6 is 0 Å². The van der Waals surface area contributed by atoms with Gasteiger partial charge in [-0.05, 0) is 37.8 Å². The molecule has 1 aliphatic rings. The van der Waals surface area contributed by atoms with Crippen molar-refractivity contribution in [3.05, 3.63) is 28.7 Å². The van der Waals surface area contributed by atoms with E-state index in [9.17, 15) is 4.79 Å². The van der Waals surface area contributed by atoms with E-state index in [1.165, 1.54) is 0 Å². The Morgan fingerprint density at radius 2 is 2.32 bits per heavy atom. The van der Waals surface area contributed by atoms with Gasteiger partial charge in [0.1, 0.15) is 5.52 Å². The number of anilines is 1. The molecule has 6 heteroatoms. The van der Waals surface area contributed by atoms with Crippen LogP contribution in [0.1, 0.15) is 25.7 Å². The Balaban J connectivity index is 1.93. The normalized spacial score (nSPS) is 23.4. The minimum atomic E-state index is -0.263. The number of aromatic nitrogens is 3. The molecule has 1 aliphatic carbocycles. The maximum Gasteiger partial charge on any atom is 0.290 e. The minimum absolute atomic E-state index is 0.249. The lowest BCUT2D eigenvalue weighted by molar-refractivity contribution is 0.409. The Hall–Kier alpha value is -1.95. The quantitative estimate of drug-likeness (QED) is 0.747. The molecule has 3 rings (SSSR count). The average molecular weight is 259 g/mol. The van der Waals surface area contributed by atoms with Gasteiger partial charge in [0.25, 0.3) is 5.56 Å². The zero-order valence-electron chi connectivity index (χ0n) is 10.6. The molecule has 2 heterocycles. The fourth-order valence-electron chi connectivity index (χ4n) is 2.66. The summed E-state index contributed by atoms with van der Waals surface area (Å²) in [6, 6.07) is 4.22. The number of aromatic amines is 1. The standard InChI is InChI=1S/C13H17N5O/c14-8-3-1-4-9(7-8)16-12-10-5-2-6-15-11(10)13(19)18-17-12/h2,5-6,8-9H,1,3-4,7,14H2,(H,16,17)(H,18,19)/t8-,9+/m0/s1. The Morgan fingerprint density at radius 1 is 1.42 bits per heavy atom. The third-order valence-electron chi connectivity index (χ3n) is 3.60. The molecule has 0 spiro atoms. The smallest absolute Gasteiger partial charge is 0.290 e. The number of rotatable bonds is 2. The summed E-state index contributed by atoms with van der Waals surface area (Å²) >= 11 is 0. The van der Waals surface area contributed by atoms with Gasteiger partial charge < -0.3 is 11.1 Å². The van der Waals surface area contributed by atoms with Crippen LogP contribution in [0.25, 0.3) is 10.9 Å². The number of pyridine rings is 1. The third kappa shape index (κ3) is 2.44. The van der Waals surface area contributed by atoms with Crippen molar-refractivity contribution < 1.29 is 0 Å². The number of nitrogens with two attached hydrogens (primary N) is 1. The van der Waals surface area contributed by atoms with Crippen molar-refractivity contribution in [1.82, 2.24) is 15.2 Å². The van der Waals surface area contributed by atoms with E-state index in [0.717, 1.165) is 31.1 Å². The van der Waals surface area contributed by atoms with E-state index in [4.69, 9.17) is 5.73 Å². The van der Waals surface area contributed by atoms with Gasteiger partial charge in [0, 0.05) is 18.3 Å². The molecule has 100 valence electrons. The summed E-state index contributed by atoms with van der Waals surface area (Å²) in [5.74, 6) is 0.682. The molecule has 0 aromatic carbocycles. The van der Waals surface area contributed by atoms with Crippen molar-refractivity contribution in [2.45, 2.75) is 37.8 Å². The Kier molecular flexibility index (Phi) is 3.16. The largest absolute Gasteiger partial charge is 0.365 e. The van der Waals surface area contributed by atoms with Crippen LogP contribution in [0.15, 0.2) is 23.1 Å². The lowest BCUT2D eigenvalue weighted by Gasteiger charge is -2.27. The van der Waals surface area contributed by atoms with Crippen LogP contribution in [0.5, 0.6) is 0 Å². The van der Waals surface area contributed by atoms with Crippen LogP contribution in [-0.2, 0) is 0 Å². The van der Waals surface area contributed by atoms with Crippen molar-refractivity contribution in [2.24, 2.45) is 5.73 Å². The molecule has 2 aromatic heterocycles. The summed E-state index contributed by atoms with van der Waals surface area (Å²) < 4.78 is 0. The monoisotopic (exact) mass is 259 g/mol. The number of hydrogen-bond acceptors (Lipinski definition) is 5. The zero-order valence-corrected chi connectivity index (χ0v) is 10.6. The van der Waals surface area contributed by atoms with E-state index in [1.807, 2.05) is 6.07 Å². The predicted octanol–water partition coefficient (Wildman–Crippen LogP) is 1.000. The third-order valence-corrected chi connectivity index (χ3v) is 3.60. The van der Waals surface area contributed by atoms with Gasteiger partial charge in [0.15, 0.2) is 5.82 Å². The van der Waals surface area contributed by atoms with Gasteiger partial charge >= 0.3 is 0 Å². The van der Waals surface area contributed by atoms with E-state index in [-0.39, 0.29) is 11.6 Å². The van der Waals surface area contributed by atoms with Crippen molar-refractivity contribution in [3.63, 3.8) is 0 Å². The zero-order chi connectivity index (χ0) is 13.2. The fourth-order valence-corrected chi connectivity index (χ4v) is 2.66. The molecule has 0 aliphatic heterocycles. The number of nitrogens with zero attached hydrogens (tertiary/aromatic N) is 2. The van der Waals surface area contributed by atoms with Crippen LogP contribution < -0.4 is 16.6 Å². The van der Waals surface area contributed by atoms with Gasteiger partial charge in [-0.25, -0.2) is 5.10 Å². The number of nitrogens with one attached hydrogen (secondary N) is 2. The average Bonchev–Trinajstić information content (AvgIpc) is 2.42. The molecule has 4 N–H and O–H groups in total. The predicted molar refractivity (Wildman–Crippen MR) is 74.0 cm³/mol. The van der Waals surface area contributed by atoms with Crippen molar-refractivity contribution in [1.29, 1.82) is 0 Å². The Morgan fingerprint density at radius 3 is 3.16 bits per heavy atom. The van der Waals surface area contributed by atoms with Crippen molar-refractivity contribution in [3.8, 4) is 0 Å². The maximum atomic E-state index is 11.6. The second kappa shape index (κ2) is 4.97. The van der Waals surface area contributed by atoms with Crippen LogP contribution in [0, 0.1) is 0 Å². The molecule has 0 radical (unpaired) electrons.